The molecule has 4 rings (SSSR count). The molecule has 0 atom stereocenters. The fraction of sp³-hybridized carbons (Fsp3) is 0.500. The molecule has 2 aliphatic rings. The van der Waals surface area contributed by atoms with E-state index in [-0.39, 0.29) is 41.7 Å². The monoisotopic (exact) mass is 524 g/mol. The number of esters is 1. The van der Waals surface area contributed by atoms with Gasteiger partial charge in [0.1, 0.15) is 11.6 Å². The van der Waals surface area contributed by atoms with Gasteiger partial charge in [0.15, 0.2) is 5.78 Å². The number of amides is 1. The molecule has 2 aromatic carbocycles. The van der Waals surface area contributed by atoms with Gasteiger partial charge in [-0.05, 0) is 88.3 Å². The predicted octanol–water partition coefficient (Wildman–Crippen LogP) is 5.32. The first-order valence-corrected chi connectivity index (χ1v) is 13.7. The third-order valence-electron chi connectivity index (χ3n) is 7.30. The number of benzene rings is 2. The first-order chi connectivity index (χ1) is 18.4. The lowest BCUT2D eigenvalue weighted by Gasteiger charge is -2.27. The molecule has 1 aliphatic heterocycles. The van der Waals surface area contributed by atoms with Gasteiger partial charge >= 0.3 is 5.97 Å². The lowest BCUT2D eigenvalue weighted by atomic mass is 9.87. The quantitative estimate of drug-likeness (QED) is 0.243. The summed E-state index contributed by atoms with van der Waals surface area (Å²) in [6.07, 6.45) is 5.60. The van der Waals surface area contributed by atoms with Crippen molar-refractivity contribution in [3.8, 4) is 5.75 Å². The molecule has 1 aliphatic carbocycles. The average Bonchev–Trinajstić information content (AvgIpc) is 3.47. The SMILES string of the molecule is CCOC(=O)C1CCC(Oc2ccc(C(=O)CCCNC(=O)c3ccc(N4CCCC4)cc3)c(F)c2)CC1. The highest BCUT2D eigenvalue weighted by Crippen LogP contribution is 2.29. The van der Waals surface area contributed by atoms with E-state index in [0.29, 0.717) is 56.6 Å². The number of ketones is 1. The molecule has 0 bridgehead atoms. The standard InChI is InChI=1S/C30H37FN2O5/c1-2-37-30(36)22-9-13-24(14-10-22)38-25-15-16-26(27(31)20-25)28(34)6-5-17-32-29(35)21-7-11-23(12-8-21)33-18-3-4-19-33/h7-8,11-12,15-16,20,22,24H,2-6,9-10,13-14,17-19H2,1H3,(H,32,35). The van der Waals surface area contributed by atoms with Crippen LogP contribution in [0.5, 0.6) is 5.75 Å². The van der Waals surface area contributed by atoms with Crippen LogP contribution >= 0.6 is 0 Å². The number of nitrogens with one attached hydrogen (secondary N) is 1. The second kappa shape index (κ2) is 13.4. The molecule has 8 heteroatoms. The summed E-state index contributed by atoms with van der Waals surface area (Å²) in [5.41, 5.74) is 1.73. The van der Waals surface area contributed by atoms with Crippen molar-refractivity contribution in [1.29, 1.82) is 0 Å². The number of hydrogen-bond donors (Lipinski definition) is 1. The molecule has 1 amide bonds. The van der Waals surface area contributed by atoms with E-state index < -0.39 is 5.82 Å². The number of halogens is 1. The van der Waals surface area contributed by atoms with E-state index in [4.69, 9.17) is 9.47 Å². The smallest absolute Gasteiger partial charge is 0.308 e. The molecule has 38 heavy (non-hydrogen) atoms. The van der Waals surface area contributed by atoms with Crippen LogP contribution in [0.2, 0.25) is 0 Å². The maximum Gasteiger partial charge on any atom is 0.308 e. The summed E-state index contributed by atoms with van der Waals surface area (Å²) >= 11 is 0. The second-order valence-corrected chi connectivity index (χ2v) is 10.0. The lowest BCUT2D eigenvalue weighted by Crippen LogP contribution is -2.29. The van der Waals surface area contributed by atoms with Gasteiger partial charge in [0.25, 0.3) is 5.91 Å². The Morgan fingerprint density at radius 1 is 1.00 bits per heavy atom. The molecule has 0 unspecified atom stereocenters. The van der Waals surface area contributed by atoms with Gasteiger partial charge in [-0.25, -0.2) is 4.39 Å². The Hall–Kier alpha value is -3.42. The second-order valence-electron chi connectivity index (χ2n) is 10.0. The van der Waals surface area contributed by atoms with Crippen molar-refractivity contribution >= 4 is 23.3 Å². The number of nitrogens with zero attached hydrogens (tertiary/aromatic N) is 1. The molecule has 2 aromatic rings. The van der Waals surface area contributed by atoms with E-state index in [0.717, 1.165) is 18.8 Å². The highest BCUT2D eigenvalue weighted by molar-refractivity contribution is 5.96. The summed E-state index contributed by atoms with van der Waals surface area (Å²) in [4.78, 5) is 39.2. The van der Waals surface area contributed by atoms with Crippen LogP contribution < -0.4 is 15.0 Å². The van der Waals surface area contributed by atoms with Crippen LogP contribution in [0.3, 0.4) is 0 Å². The van der Waals surface area contributed by atoms with Gasteiger partial charge in [-0.1, -0.05) is 0 Å². The Kier molecular flexibility index (Phi) is 9.73. The summed E-state index contributed by atoms with van der Waals surface area (Å²) < 4.78 is 25.7. The molecule has 0 aromatic heterocycles. The Morgan fingerprint density at radius 3 is 2.37 bits per heavy atom. The number of Topliss-reactive ketones (excluding diaryl/α,β-unsaturated/α-hetero) is 1. The van der Waals surface area contributed by atoms with Gasteiger partial charge in [-0.3, -0.25) is 14.4 Å². The molecule has 0 radical (unpaired) electrons. The molecule has 1 saturated heterocycles. The fourth-order valence-corrected chi connectivity index (χ4v) is 5.15. The van der Waals surface area contributed by atoms with Crippen LogP contribution in [0.25, 0.3) is 0 Å². The summed E-state index contributed by atoms with van der Waals surface area (Å²) in [5, 5.41) is 2.83. The van der Waals surface area contributed by atoms with Gasteiger partial charge in [0.05, 0.1) is 24.2 Å². The molecule has 1 N–H and O–H groups in total. The minimum Gasteiger partial charge on any atom is -0.490 e. The van der Waals surface area contributed by atoms with Crippen molar-refractivity contribution in [1.82, 2.24) is 5.32 Å². The zero-order valence-electron chi connectivity index (χ0n) is 22.0. The number of carbonyl (C=O) groups excluding carboxylic acids is 3. The largest absolute Gasteiger partial charge is 0.490 e. The van der Waals surface area contributed by atoms with Gasteiger partial charge in [-0.15, -0.1) is 0 Å². The van der Waals surface area contributed by atoms with Crippen LogP contribution in [-0.4, -0.2) is 50.0 Å². The maximum atomic E-state index is 14.7. The molecular weight excluding hydrogens is 487 g/mol. The average molecular weight is 525 g/mol. The van der Waals surface area contributed by atoms with Crippen LogP contribution in [0.1, 0.15) is 79.0 Å². The minimum atomic E-state index is -0.616. The van der Waals surface area contributed by atoms with Gasteiger partial charge in [0, 0.05) is 43.4 Å². The molecule has 0 spiro atoms. The van der Waals surface area contributed by atoms with Crippen LogP contribution in [0.4, 0.5) is 10.1 Å². The third-order valence-corrected chi connectivity index (χ3v) is 7.30. The van der Waals surface area contributed by atoms with Gasteiger partial charge < -0.3 is 19.7 Å². The Morgan fingerprint density at radius 2 is 1.71 bits per heavy atom. The fourth-order valence-electron chi connectivity index (χ4n) is 5.15. The molecular formula is C30H37FN2O5. The zero-order chi connectivity index (χ0) is 26.9. The zero-order valence-corrected chi connectivity index (χ0v) is 22.0. The molecule has 204 valence electrons. The molecule has 1 saturated carbocycles. The topological polar surface area (TPSA) is 84.9 Å². The summed E-state index contributed by atoms with van der Waals surface area (Å²) in [7, 11) is 0. The Bertz CT molecular complexity index is 1110. The summed E-state index contributed by atoms with van der Waals surface area (Å²) in [5.74, 6) is -0.998. The van der Waals surface area contributed by atoms with Crippen molar-refractivity contribution in [2.24, 2.45) is 5.92 Å². The maximum absolute atomic E-state index is 14.7. The minimum absolute atomic E-state index is 0.0206. The summed E-state index contributed by atoms with van der Waals surface area (Å²) in [6.45, 7) is 4.60. The molecule has 1 heterocycles. The first kappa shape index (κ1) is 27.6. The first-order valence-electron chi connectivity index (χ1n) is 13.7. The summed E-state index contributed by atoms with van der Waals surface area (Å²) in [6, 6.07) is 11.9. The Balaban J connectivity index is 1.18. The van der Waals surface area contributed by atoms with E-state index in [1.807, 2.05) is 24.3 Å². The van der Waals surface area contributed by atoms with Crippen molar-refractivity contribution in [3.63, 3.8) is 0 Å². The number of anilines is 1. The molecule has 7 nitrogen and oxygen atoms in total. The van der Waals surface area contributed by atoms with Gasteiger partial charge in [0.2, 0.25) is 0 Å². The van der Waals surface area contributed by atoms with Crippen LogP contribution in [-0.2, 0) is 9.53 Å². The van der Waals surface area contributed by atoms with Crippen molar-refractivity contribution < 1.29 is 28.2 Å². The van der Waals surface area contributed by atoms with Crippen molar-refractivity contribution in [2.75, 3.05) is 31.1 Å². The van der Waals surface area contributed by atoms with Crippen molar-refractivity contribution in [3.05, 3.63) is 59.4 Å². The Labute approximate surface area is 223 Å². The van der Waals surface area contributed by atoms with E-state index in [1.165, 1.54) is 25.0 Å². The highest BCUT2D eigenvalue weighted by atomic mass is 19.1. The highest BCUT2D eigenvalue weighted by Gasteiger charge is 2.28. The number of ether oxygens (including phenoxy) is 2. The normalized spacial score (nSPS) is 19.2. The number of rotatable bonds is 11. The number of hydrogen-bond acceptors (Lipinski definition) is 6. The van der Waals surface area contributed by atoms with Crippen LogP contribution in [0, 0.1) is 11.7 Å². The van der Waals surface area contributed by atoms with E-state index in [1.54, 1.807) is 13.0 Å². The van der Waals surface area contributed by atoms with Crippen LogP contribution in [0.15, 0.2) is 42.5 Å². The lowest BCUT2D eigenvalue weighted by molar-refractivity contribution is -0.149. The third kappa shape index (κ3) is 7.33. The predicted molar refractivity (Wildman–Crippen MR) is 143 cm³/mol. The van der Waals surface area contributed by atoms with Crippen molar-refractivity contribution in [2.45, 2.75) is 64.4 Å². The van der Waals surface area contributed by atoms with Gasteiger partial charge in [-0.2, -0.15) is 0 Å². The van der Waals surface area contributed by atoms with E-state index >= 15 is 0 Å². The number of carbonyl (C=O) groups is 3. The molecule has 2 fully saturated rings. The van der Waals surface area contributed by atoms with E-state index in [2.05, 4.69) is 10.2 Å². The van der Waals surface area contributed by atoms with E-state index in [9.17, 15) is 18.8 Å².